The van der Waals surface area contributed by atoms with E-state index in [-0.39, 0.29) is 23.7 Å². The zero-order valence-corrected chi connectivity index (χ0v) is 14.0. The van der Waals surface area contributed by atoms with Crippen LogP contribution in [0.5, 0.6) is 0 Å². The van der Waals surface area contributed by atoms with Gasteiger partial charge in [0.25, 0.3) is 5.91 Å². The Morgan fingerprint density at radius 1 is 1.50 bits per heavy atom. The minimum Gasteiger partial charge on any atom is -0.372 e. The van der Waals surface area contributed by atoms with E-state index in [1.807, 2.05) is 26.0 Å². The Morgan fingerprint density at radius 3 is 2.73 bits per heavy atom. The molecule has 6 nitrogen and oxygen atoms in total. The molecule has 22 heavy (non-hydrogen) atoms. The molecule has 0 bridgehead atoms. The van der Waals surface area contributed by atoms with Crippen LogP contribution < -0.4 is 5.32 Å². The van der Waals surface area contributed by atoms with E-state index in [0.29, 0.717) is 18.9 Å². The van der Waals surface area contributed by atoms with E-state index in [4.69, 9.17) is 4.74 Å². The van der Waals surface area contributed by atoms with Crippen LogP contribution >= 0.6 is 15.9 Å². The van der Waals surface area contributed by atoms with Crippen LogP contribution in [0.2, 0.25) is 0 Å². The van der Waals surface area contributed by atoms with Crippen LogP contribution in [-0.4, -0.2) is 41.1 Å². The number of carbonyl (C=O) groups excluding carboxylic acids is 1. The van der Waals surface area contributed by atoms with Gasteiger partial charge in [-0.2, -0.15) is 5.26 Å². The van der Waals surface area contributed by atoms with Crippen molar-refractivity contribution in [3.8, 4) is 6.07 Å². The normalized spacial score (nSPS) is 22.1. The number of nitrogens with one attached hydrogen (secondary N) is 1. The highest BCUT2D eigenvalue weighted by molar-refractivity contribution is 9.10. The van der Waals surface area contributed by atoms with E-state index < -0.39 is 0 Å². The van der Waals surface area contributed by atoms with Gasteiger partial charge in [0.1, 0.15) is 17.5 Å². The van der Waals surface area contributed by atoms with Crippen LogP contribution in [0.15, 0.2) is 34.6 Å². The number of amides is 1. The molecule has 1 aliphatic rings. The summed E-state index contributed by atoms with van der Waals surface area (Å²) < 4.78 is 6.45. The number of hydrogen-bond acceptors (Lipinski definition) is 5. The maximum Gasteiger partial charge on any atom is 0.266 e. The molecule has 0 saturated carbocycles. The predicted molar refractivity (Wildman–Crippen MR) is 85.8 cm³/mol. The first-order valence-corrected chi connectivity index (χ1v) is 7.72. The van der Waals surface area contributed by atoms with Gasteiger partial charge in [-0.3, -0.25) is 4.79 Å². The van der Waals surface area contributed by atoms with Gasteiger partial charge in [-0.05, 0) is 41.9 Å². The van der Waals surface area contributed by atoms with Crippen LogP contribution in [0.3, 0.4) is 0 Å². The van der Waals surface area contributed by atoms with E-state index in [2.05, 4.69) is 26.2 Å². The van der Waals surface area contributed by atoms with Crippen molar-refractivity contribution in [2.24, 2.45) is 0 Å². The van der Waals surface area contributed by atoms with Crippen molar-refractivity contribution < 1.29 is 9.53 Å². The van der Waals surface area contributed by atoms with Crippen LogP contribution in [0.1, 0.15) is 13.8 Å². The Balaban J connectivity index is 2.06. The van der Waals surface area contributed by atoms with Gasteiger partial charge < -0.3 is 15.0 Å². The second-order valence-electron chi connectivity index (χ2n) is 5.14. The summed E-state index contributed by atoms with van der Waals surface area (Å²) in [6.45, 7) is 4.79. The van der Waals surface area contributed by atoms with Crippen molar-refractivity contribution >= 4 is 27.7 Å². The van der Waals surface area contributed by atoms with Crippen molar-refractivity contribution in [3.63, 3.8) is 0 Å². The van der Waals surface area contributed by atoms with Gasteiger partial charge in [-0.15, -0.1) is 0 Å². The standard InChI is InChI=1S/C15H17BrN4O2/c1-10-8-20(9-11(2)22-10)15(21)12(5-17)6-18-14-4-3-13(16)7-19-14/h3-4,6-7,10-11H,8-9H2,1-2H3,(H,18,19)/b12-6-. The lowest BCUT2D eigenvalue weighted by Gasteiger charge is -2.35. The molecule has 1 amide bonds. The molecule has 2 unspecified atom stereocenters. The molecular weight excluding hydrogens is 348 g/mol. The van der Waals surface area contributed by atoms with Crippen molar-refractivity contribution in [1.82, 2.24) is 9.88 Å². The molecule has 0 radical (unpaired) electrons. The summed E-state index contributed by atoms with van der Waals surface area (Å²) >= 11 is 3.29. The second-order valence-corrected chi connectivity index (χ2v) is 6.06. The van der Waals surface area contributed by atoms with Gasteiger partial charge in [0.15, 0.2) is 0 Å². The first kappa shape index (κ1) is 16.5. The molecule has 0 spiro atoms. The summed E-state index contributed by atoms with van der Waals surface area (Å²) in [6, 6.07) is 5.51. The third-order valence-corrected chi connectivity index (χ3v) is 3.62. The van der Waals surface area contributed by atoms with E-state index >= 15 is 0 Å². The fraction of sp³-hybridized carbons (Fsp3) is 0.400. The fourth-order valence-corrected chi connectivity index (χ4v) is 2.50. The minimum atomic E-state index is -0.297. The number of nitriles is 1. The van der Waals surface area contributed by atoms with Crippen molar-refractivity contribution in [2.45, 2.75) is 26.1 Å². The highest BCUT2D eigenvalue weighted by atomic mass is 79.9. The number of rotatable bonds is 3. The van der Waals surface area contributed by atoms with Gasteiger partial charge in [0, 0.05) is 30.0 Å². The van der Waals surface area contributed by atoms with Gasteiger partial charge in [-0.1, -0.05) is 0 Å². The number of hydrogen-bond donors (Lipinski definition) is 1. The van der Waals surface area contributed by atoms with Crippen LogP contribution in [0.4, 0.5) is 5.82 Å². The molecule has 0 aromatic carbocycles. The zero-order chi connectivity index (χ0) is 16.1. The molecule has 1 aromatic rings. The smallest absolute Gasteiger partial charge is 0.266 e. The molecular formula is C15H17BrN4O2. The largest absolute Gasteiger partial charge is 0.372 e. The van der Waals surface area contributed by atoms with Crippen molar-refractivity contribution in [1.29, 1.82) is 5.26 Å². The number of anilines is 1. The van der Waals surface area contributed by atoms with Crippen molar-refractivity contribution in [3.05, 3.63) is 34.6 Å². The number of aromatic nitrogens is 1. The van der Waals surface area contributed by atoms with Crippen LogP contribution in [0, 0.1) is 11.3 Å². The topological polar surface area (TPSA) is 78.3 Å². The fourth-order valence-electron chi connectivity index (χ4n) is 2.26. The third kappa shape index (κ3) is 4.29. The Morgan fingerprint density at radius 2 is 2.18 bits per heavy atom. The summed E-state index contributed by atoms with van der Waals surface area (Å²) in [4.78, 5) is 18.2. The van der Waals surface area contributed by atoms with Gasteiger partial charge in [-0.25, -0.2) is 4.98 Å². The molecule has 1 saturated heterocycles. The Labute approximate surface area is 137 Å². The summed E-state index contributed by atoms with van der Waals surface area (Å²) in [5.74, 6) is 0.265. The molecule has 0 aliphatic carbocycles. The molecule has 1 aliphatic heterocycles. The van der Waals surface area contributed by atoms with Crippen LogP contribution in [0.25, 0.3) is 0 Å². The SMILES string of the molecule is CC1CN(C(=O)/C(C#N)=C\Nc2ccc(Br)cn2)CC(C)O1. The van der Waals surface area contributed by atoms with Gasteiger partial charge >= 0.3 is 0 Å². The Bertz CT molecular complexity index is 599. The van der Waals surface area contributed by atoms with Crippen molar-refractivity contribution in [2.75, 3.05) is 18.4 Å². The monoisotopic (exact) mass is 364 g/mol. The van der Waals surface area contributed by atoms with E-state index in [9.17, 15) is 10.1 Å². The number of halogens is 1. The number of morpholine rings is 1. The molecule has 2 heterocycles. The number of nitrogens with zero attached hydrogens (tertiary/aromatic N) is 3. The molecule has 2 atom stereocenters. The maximum atomic E-state index is 12.4. The average Bonchev–Trinajstić information content (AvgIpc) is 2.48. The van der Waals surface area contributed by atoms with E-state index in [1.54, 1.807) is 17.2 Å². The number of carbonyl (C=O) groups is 1. The maximum absolute atomic E-state index is 12.4. The predicted octanol–water partition coefficient (Wildman–Crippen LogP) is 2.30. The summed E-state index contributed by atoms with van der Waals surface area (Å²) in [5, 5.41) is 12.1. The summed E-state index contributed by atoms with van der Waals surface area (Å²) in [6.07, 6.45) is 2.96. The molecule has 1 N–H and O–H groups in total. The summed E-state index contributed by atoms with van der Waals surface area (Å²) in [7, 11) is 0. The number of ether oxygens (including phenoxy) is 1. The number of pyridine rings is 1. The highest BCUT2D eigenvalue weighted by Crippen LogP contribution is 2.14. The molecule has 1 fully saturated rings. The summed E-state index contributed by atoms with van der Waals surface area (Å²) in [5.41, 5.74) is 0.0472. The Hall–Kier alpha value is -1.91. The van der Waals surface area contributed by atoms with Crippen LogP contribution in [-0.2, 0) is 9.53 Å². The van der Waals surface area contributed by atoms with Gasteiger partial charge in [0.05, 0.1) is 12.2 Å². The highest BCUT2D eigenvalue weighted by Gasteiger charge is 2.27. The third-order valence-electron chi connectivity index (χ3n) is 3.15. The lowest BCUT2D eigenvalue weighted by Crippen LogP contribution is -2.48. The molecule has 116 valence electrons. The first-order valence-electron chi connectivity index (χ1n) is 6.92. The zero-order valence-electron chi connectivity index (χ0n) is 12.4. The van der Waals surface area contributed by atoms with E-state index in [0.717, 1.165) is 4.47 Å². The minimum absolute atomic E-state index is 0.0336. The molecule has 2 rings (SSSR count). The Kier molecular flexibility index (Phi) is 5.52. The first-order chi connectivity index (χ1) is 10.5. The quantitative estimate of drug-likeness (QED) is 0.657. The lowest BCUT2D eigenvalue weighted by atomic mass is 10.2. The van der Waals surface area contributed by atoms with Gasteiger partial charge in [0.2, 0.25) is 0 Å². The molecule has 1 aromatic heterocycles. The molecule has 7 heteroatoms. The second kappa shape index (κ2) is 7.38. The lowest BCUT2D eigenvalue weighted by molar-refractivity contribution is -0.138. The van der Waals surface area contributed by atoms with E-state index in [1.165, 1.54) is 6.20 Å². The average molecular weight is 365 g/mol.